The minimum atomic E-state index is -0.680. The second-order valence-electron chi connectivity index (χ2n) is 5.45. The van der Waals surface area contributed by atoms with Crippen molar-refractivity contribution in [1.29, 1.82) is 0 Å². The van der Waals surface area contributed by atoms with Crippen LogP contribution in [0.1, 0.15) is 38.8 Å². The van der Waals surface area contributed by atoms with Gasteiger partial charge in [-0.15, -0.1) is 0 Å². The number of rotatable bonds is 5. The first kappa shape index (κ1) is 16.6. The third kappa shape index (κ3) is 5.60. The maximum atomic E-state index is 11.8. The van der Waals surface area contributed by atoms with Crippen molar-refractivity contribution in [1.82, 2.24) is 5.32 Å². The number of nitrogens with one attached hydrogen (secondary N) is 1. The third-order valence-corrected chi connectivity index (χ3v) is 2.51. The summed E-state index contributed by atoms with van der Waals surface area (Å²) in [6.45, 7) is 5.15. The molecule has 1 atom stereocenters. The summed E-state index contributed by atoms with van der Waals surface area (Å²) in [5, 5.41) is 13.3. The number of amides is 1. The number of carbonyl (C=O) groups excluding carboxylic acids is 2. The summed E-state index contributed by atoms with van der Waals surface area (Å²) >= 11 is 0. The Morgan fingerprint density at radius 3 is 2.67 bits per heavy atom. The quantitative estimate of drug-likeness (QED) is 0.511. The van der Waals surface area contributed by atoms with Crippen molar-refractivity contribution in [3.8, 4) is 0 Å². The highest BCUT2D eigenvalue weighted by Gasteiger charge is 2.21. The summed E-state index contributed by atoms with van der Waals surface area (Å²) in [4.78, 5) is 32.7. The van der Waals surface area contributed by atoms with Crippen LogP contribution in [0, 0.1) is 10.1 Å². The first-order chi connectivity index (χ1) is 9.73. The number of ether oxygens (including phenoxy) is 1. The molecule has 1 rings (SSSR count). The molecule has 0 unspecified atom stereocenters. The molecule has 0 aliphatic rings. The van der Waals surface area contributed by atoms with Crippen LogP contribution in [0.25, 0.3) is 0 Å². The molecule has 7 nitrogen and oxygen atoms in total. The number of nitro benzene ring substituents is 1. The Bertz CT molecular complexity index is 536. The van der Waals surface area contributed by atoms with Crippen LogP contribution < -0.4 is 5.32 Å². The van der Waals surface area contributed by atoms with Crippen molar-refractivity contribution in [2.45, 2.75) is 38.8 Å². The van der Waals surface area contributed by atoms with E-state index in [2.05, 4.69) is 5.32 Å². The van der Waals surface area contributed by atoms with Gasteiger partial charge < -0.3 is 14.8 Å². The number of aldehydes is 1. The number of nitro groups is 1. The lowest BCUT2D eigenvalue weighted by Crippen LogP contribution is -2.35. The van der Waals surface area contributed by atoms with Gasteiger partial charge in [0.25, 0.3) is 5.69 Å². The molecule has 0 aromatic heterocycles. The van der Waals surface area contributed by atoms with E-state index < -0.39 is 22.7 Å². The topological polar surface area (TPSA) is 98.5 Å². The van der Waals surface area contributed by atoms with Crippen LogP contribution in [-0.2, 0) is 9.53 Å². The van der Waals surface area contributed by atoms with Gasteiger partial charge in [-0.2, -0.15) is 0 Å². The number of nitrogens with zero attached hydrogens (tertiary/aromatic N) is 1. The molecule has 1 N–H and O–H groups in total. The second-order valence-corrected chi connectivity index (χ2v) is 5.45. The van der Waals surface area contributed by atoms with E-state index in [9.17, 15) is 19.7 Å². The standard InChI is InChI=1S/C14H18N2O5/c1-14(2,3)21-13(18)15-12(7-8-17)10-5-4-6-11(9-10)16(19)20/h4-6,8-9,12H,7H2,1-3H3,(H,15,18)/t12-/m0/s1. The lowest BCUT2D eigenvalue weighted by atomic mass is 10.0. The van der Waals surface area contributed by atoms with Gasteiger partial charge in [0, 0.05) is 18.6 Å². The van der Waals surface area contributed by atoms with Gasteiger partial charge in [-0.3, -0.25) is 10.1 Å². The van der Waals surface area contributed by atoms with E-state index in [0.717, 1.165) is 0 Å². The number of non-ortho nitro benzene ring substituents is 1. The molecule has 21 heavy (non-hydrogen) atoms. The summed E-state index contributed by atoms with van der Waals surface area (Å²) in [5.41, 5.74) is -0.296. The summed E-state index contributed by atoms with van der Waals surface area (Å²) in [6.07, 6.45) is -0.0396. The molecule has 114 valence electrons. The molecule has 1 aromatic rings. The molecule has 0 bridgehead atoms. The van der Waals surface area contributed by atoms with Crippen LogP contribution >= 0.6 is 0 Å². The first-order valence-electron chi connectivity index (χ1n) is 6.40. The molecule has 0 aliphatic carbocycles. The van der Waals surface area contributed by atoms with E-state index in [4.69, 9.17) is 4.74 Å². The minimum absolute atomic E-state index is 0.000407. The number of hydrogen-bond acceptors (Lipinski definition) is 5. The van der Waals surface area contributed by atoms with Crippen molar-refractivity contribution < 1.29 is 19.2 Å². The molecule has 0 spiro atoms. The van der Waals surface area contributed by atoms with Gasteiger partial charge in [-0.1, -0.05) is 12.1 Å². The van der Waals surface area contributed by atoms with Crippen molar-refractivity contribution in [3.05, 3.63) is 39.9 Å². The van der Waals surface area contributed by atoms with Crippen LogP contribution in [0.4, 0.5) is 10.5 Å². The average Bonchev–Trinajstić information content (AvgIpc) is 2.36. The molecule has 0 saturated carbocycles. The normalized spacial score (nSPS) is 12.3. The van der Waals surface area contributed by atoms with Gasteiger partial charge >= 0.3 is 6.09 Å². The summed E-state index contributed by atoms with van der Waals surface area (Å²) in [6, 6.07) is 5.11. The van der Waals surface area contributed by atoms with E-state index in [1.807, 2.05) is 0 Å². The smallest absolute Gasteiger partial charge is 0.408 e. The highest BCUT2D eigenvalue weighted by molar-refractivity contribution is 5.69. The van der Waals surface area contributed by atoms with Gasteiger partial charge in [0.2, 0.25) is 0 Å². The average molecular weight is 294 g/mol. The summed E-state index contributed by atoms with van der Waals surface area (Å²) < 4.78 is 5.11. The lowest BCUT2D eigenvalue weighted by Gasteiger charge is -2.23. The number of carbonyl (C=O) groups is 2. The van der Waals surface area contributed by atoms with Crippen LogP contribution in [0.3, 0.4) is 0 Å². The van der Waals surface area contributed by atoms with Crippen molar-refractivity contribution in [2.24, 2.45) is 0 Å². The van der Waals surface area contributed by atoms with Crippen LogP contribution in [0.2, 0.25) is 0 Å². The van der Waals surface area contributed by atoms with Crippen molar-refractivity contribution in [2.75, 3.05) is 0 Å². The zero-order valence-corrected chi connectivity index (χ0v) is 12.2. The van der Waals surface area contributed by atoms with Gasteiger partial charge in [0.1, 0.15) is 11.9 Å². The van der Waals surface area contributed by atoms with Crippen LogP contribution in [-0.4, -0.2) is 22.9 Å². The Balaban J connectivity index is 2.91. The SMILES string of the molecule is CC(C)(C)OC(=O)N[C@@H](CC=O)c1cccc([N+](=O)[O-])c1. The molecule has 0 aliphatic heterocycles. The molecule has 1 aromatic carbocycles. The van der Waals surface area contributed by atoms with Crippen LogP contribution in [0.5, 0.6) is 0 Å². The van der Waals surface area contributed by atoms with E-state index in [0.29, 0.717) is 11.8 Å². The fourth-order valence-electron chi connectivity index (χ4n) is 1.68. The van der Waals surface area contributed by atoms with Gasteiger partial charge in [-0.25, -0.2) is 4.79 Å². The minimum Gasteiger partial charge on any atom is -0.444 e. The zero-order chi connectivity index (χ0) is 16.0. The highest BCUT2D eigenvalue weighted by atomic mass is 16.6. The van der Waals surface area contributed by atoms with E-state index >= 15 is 0 Å². The molecule has 7 heteroatoms. The van der Waals surface area contributed by atoms with Gasteiger partial charge in [0.05, 0.1) is 11.0 Å². The van der Waals surface area contributed by atoms with E-state index in [-0.39, 0.29) is 12.1 Å². The number of hydrogen-bond donors (Lipinski definition) is 1. The molecular formula is C14H18N2O5. The molecule has 0 heterocycles. The summed E-state index contributed by atoms with van der Waals surface area (Å²) in [5.74, 6) is 0. The zero-order valence-electron chi connectivity index (χ0n) is 12.2. The molecule has 1 amide bonds. The Labute approximate surface area is 122 Å². The van der Waals surface area contributed by atoms with Gasteiger partial charge in [0.15, 0.2) is 0 Å². The Morgan fingerprint density at radius 1 is 1.48 bits per heavy atom. The molecule has 0 saturated heterocycles. The van der Waals surface area contributed by atoms with Crippen molar-refractivity contribution >= 4 is 18.1 Å². The third-order valence-electron chi connectivity index (χ3n) is 2.51. The molecular weight excluding hydrogens is 276 g/mol. The second kappa shape index (κ2) is 6.83. The first-order valence-corrected chi connectivity index (χ1v) is 6.40. The molecule has 0 radical (unpaired) electrons. The van der Waals surface area contributed by atoms with Crippen LogP contribution in [0.15, 0.2) is 24.3 Å². The van der Waals surface area contributed by atoms with Crippen molar-refractivity contribution in [3.63, 3.8) is 0 Å². The highest BCUT2D eigenvalue weighted by Crippen LogP contribution is 2.21. The van der Waals surface area contributed by atoms with E-state index in [1.165, 1.54) is 18.2 Å². The predicted octanol–water partition coefficient (Wildman–Crippen LogP) is 2.75. The van der Waals surface area contributed by atoms with Gasteiger partial charge in [-0.05, 0) is 26.3 Å². The maximum Gasteiger partial charge on any atom is 0.408 e. The fraction of sp³-hybridized carbons (Fsp3) is 0.429. The summed E-state index contributed by atoms with van der Waals surface area (Å²) in [7, 11) is 0. The number of benzene rings is 1. The number of alkyl carbamates (subject to hydrolysis) is 1. The lowest BCUT2D eigenvalue weighted by molar-refractivity contribution is -0.384. The Morgan fingerprint density at radius 2 is 2.14 bits per heavy atom. The fourth-order valence-corrected chi connectivity index (χ4v) is 1.68. The van der Waals surface area contributed by atoms with E-state index in [1.54, 1.807) is 26.8 Å². The largest absolute Gasteiger partial charge is 0.444 e. The Kier molecular flexibility index (Phi) is 5.40. The molecule has 0 fully saturated rings. The predicted molar refractivity (Wildman–Crippen MR) is 75.9 cm³/mol. The maximum absolute atomic E-state index is 11.8. The monoisotopic (exact) mass is 294 g/mol. The Hall–Kier alpha value is -2.44.